The van der Waals surface area contributed by atoms with Crippen molar-refractivity contribution in [2.45, 2.75) is 37.2 Å². The van der Waals surface area contributed by atoms with Gasteiger partial charge in [0.25, 0.3) is 5.91 Å². The second-order valence-electron chi connectivity index (χ2n) is 7.90. The molecule has 2 aromatic rings. The van der Waals surface area contributed by atoms with Gasteiger partial charge in [-0.25, -0.2) is 17.2 Å². The molecule has 0 aliphatic carbocycles. The van der Waals surface area contributed by atoms with Crippen LogP contribution in [0.2, 0.25) is 0 Å². The van der Waals surface area contributed by atoms with Gasteiger partial charge >= 0.3 is 5.97 Å². The van der Waals surface area contributed by atoms with E-state index in [1.54, 1.807) is 12.1 Å². The number of ether oxygens (including phenoxy) is 1. The first-order chi connectivity index (χ1) is 15.7. The average molecular weight is 481 g/mol. The van der Waals surface area contributed by atoms with Crippen LogP contribution in [0, 0.1) is 17.6 Å². The van der Waals surface area contributed by atoms with Gasteiger partial charge in [-0.15, -0.1) is 0 Å². The van der Waals surface area contributed by atoms with E-state index in [2.05, 4.69) is 5.32 Å². The molecule has 2 aromatic carbocycles. The number of halogens is 2. The lowest BCUT2D eigenvalue weighted by atomic mass is 10.00. The Bertz CT molecular complexity index is 1080. The Morgan fingerprint density at radius 1 is 1.09 bits per heavy atom. The summed E-state index contributed by atoms with van der Waals surface area (Å²) in [5.74, 6) is -2.70. The molecule has 0 radical (unpaired) electrons. The number of hydrogen-bond acceptors (Lipinski definition) is 5. The van der Waals surface area contributed by atoms with E-state index in [1.165, 1.54) is 35.5 Å². The summed E-state index contributed by atoms with van der Waals surface area (Å²) < 4.78 is 58.2. The van der Waals surface area contributed by atoms with Crippen LogP contribution in [-0.2, 0) is 30.8 Å². The van der Waals surface area contributed by atoms with E-state index >= 15 is 0 Å². The lowest BCUT2D eigenvalue weighted by Gasteiger charge is -2.31. The largest absolute Gasteiger partial charge is 0.452 e. The summed E-state index contributed by atoms with van der Waals surface area (Å²) in [4.78, 5) is 24.8. The molecule has 1 fully saturated rings. The number of rotatable bonds is 8. The first kappa shape index (κ1) is 24.8. The van der Waals surface area contributed by atoms with Crippen LogP contribution in [0.4, 0.5) is 8.78 Å². The fourth-order valence-corrected chi connectivity index (χ4v) is 5.08. The van der Waals surface area contributed by atoms with Crippen LogP contribution in [0.15, 0.2) is 53.4 Å². The number of benzene rings is 2. The molecule has 0 spiro atoms. The van der Waals surface area contributed by atoms with Crippen LogP contribution in [0.3, 0.4) is 0 Å². The highest BCUT2D eigenvalue weighted by Gasteiger charge is 2.35. The third-order valence-corrected chi connectivity index (χ3v) is 7.34. The summed E-state index contributed by atoms with van der Waals surface area (Å²) in [7, 11) is -3.87. The number of nitrogens with zero attached hydrogens (tertiary/aromatic N) is 1. The van der Waals surface area contributed by atoms with E-state index in [1.807, 2.05) is 0 Å². The Balaban J connectivity index is 1.50. The summed E-state index contributed by atoms with van der Waals surface area (Å²) in [6.07, 6.45) is 0.340. The zero-order valence-corrected chi connectivity index (χ0v) is 19.0. The summed E-state index contributed by atoms with van der Waals surface area (Å²) >= 11 is 0. The van der Waals surface area contributed by atoms with Crippen molar-refractivity contribution in [2.24, 2.45) is 5.92 Å². The minimum absolute atomic E-state index is 0.0492. The van der Waals surface area contributed by atoms with Gasteiger partial charge in [-0.1, -0.05) is 12.1 Å². The average Bonchev–Trinajstić information content (AvgIpc) is 2.80. The summed E-state index contributed by atoms with van der Waals surface area (Å²) in [6.45, 7) is 1.90. The van der Waals surface area contributed by atoms with E-state index < -0.39 is 39.7 Å². The molecule has 33 heavy (non-hydrogen) atoms. The molecule has 1 aliphatic heterocycles. The monoisotopic (exact) mass is 480 g/mol. The van der Waals surface area contributed by atoms with Crippen LogP contribution >= 0.6 is 0 Å². The van der Waals surface area contributed by atoms with Crippen molar-refractivity contribution in [3.8, 4) is 0 Å². The van der Waals surface area contributed by atoms with Gasteiger partial charge in [0.05, 0.1) is 10.8 Å². The molecule has 10 heteroatoms. The van der Waals surface area contributed by atoms with Crippen molar-refractivity contribution in [1.82, 2.24) is 9.62 Å². The molecule has 2 atom stereocenters. The van der Waals surface area contributed by atoms with Crippen molar-refractivity contribution in [1.29, 1.82) is 0 Å². The SMILES string of the molecule is CC(OC(=O)C1CCCN(S(=O)(=O)c2ccc(F)cc2)C1)C(=O)NCCc1ccc(F)cc1. The molecule has 0 saturated carbocycles. The smallest absolute Gasteiger partial charge is 0.311 e. The number of carbonyl (C=O) groups is 2. The molecular weight excluding hydrogens is 454 g/mol. The first-order valence-electron chi connectivity index (χ1n) is 10.6. The van der Waals surface area contributed by atoms with E-state index in [9.17, 15) is 26.8 Å². The zero-order chi connectivity index (χ0) is 24.0. The number of carbonyl (C=O) groups excluding carboxylic acids is 2. The Kier molecular flexibility index (Phi) is 8.15. The number of sulfonamides is 1. The number of nitrogens with one attached hydrogen (secondary N) is 1. The molecule has 1 amide bonds. The number of piperidine rings is 1. The van der Waals surface area contributed by atoms with Gasteiger partial charge in [0.1, 0.15) is 11.6 Å². The van der Waals surface area contributed by atoms with E-state index in [0.29, 0.717) is 25.8 Å². The quantitative estimate of drug-likeness (QED) is 0.587. The predicted octanol–water partition coefficient (Wildman–Crippen LogP) is 2.66. The Hall–Kier alpha value is -2.85. The van der Waals surface area contributed by atoms with E-state index in [-0.39, 0.29) is 23.8 Å². The zero-order valence-electron chi connectivity index (χ0n) is 18.2. The van der Waals surface area contributed by atoms with Gasteiger partial charge in [-0.05, 0) is 68.1 Å². The van der Waals surface area contributed by atoms with Crippen molar-refractivity contribution in [3.63, 3.8) is 0 Å². The second kappa shape index (κ2) is 10.8. The second-order valence-corrected chi connectivity index (χ2v) is 9.84. The van der Waals surface area contributed by atoms with Crippen molar-refractivity contribution >= 4 is 21.9 Å². The minimum Gasteiger partial charge on any atom is -0.452 e. The highest BCUT2D eigenvalue weighted by Crippen LogP contribution is 2.25. The highest BCUT2D eigenvalue weighted by atomic mass is 32.2. The third-order valence-electron chi connectivity index (χ3n) is 5.46. The normalized spacial score (nSPS) is 17.8. The van der Waals surface area contributed by atoms with Crippen LogP contribution in [0.1, 0.15) is 25.3 Å². The first-order valence-corrected chi connectivity index (χ1v) is 12.1. The maximum atomic E-state index is 13.1. The Morgan fingerprint density at radius 3 is 2.33 bits per heavy atom. The Labute approximate surface area is 191 Å². The molecule has 1 N–H and O–H groups in total. The van der Waals surface area contributed by atoms with Gasteiger partial charge in [-0.2, -0.15) is 4.31 Å². The minimum atomic E-state index is -3.87. The maximum absolute atomic E-state index is 13.1. The molecular formula is C23H26F2N2O5S. The third kappa shape index (κ3) is 6.58. The van der Waals surface area contributed by atoms with Crippen molar-refractivity contribution in [3.05, 3.63) is 65.7 Å². The highest BCUT2D eigenvalue weighted by molar-refractivity contribution is 7.89. The summed E-state index contributed by atoms with van der Waals surface area (Å²) in [6, 6.07) is 10.4. The molecule has 0 aromatic heterocycles. The van der Waals surface area contributed by atoms with Gasteiger partial charge < -0.3 is 10.1 Å². The van der Waals surface area contributed by atoms with Crippen LogP contribution in [0.25, 0.3) is 0 Å². The lowest BCUT2D eigenvalue weighted by Crippen LogP contribution is -2.44. The van der Waals surface area contributed by atoms with E-state index in [0.717, 1.165) is 17.7 Å². The van der Waals surface area contributed by atoms with Crippen LogP contribution in [-0.4, -0.2) is 50.3 Å². The van der Waals surface area contributed by atoms with Crippen LogP contribution < -0.4 is 5.32 Å². The van der Waals surface area contributed by atoms with Crippen LogP contribution in [0.5, 0.6) is 0 Å². The standard InChI is InChI=1S/C23H26F2N2O5S/c1-16(22(28)26-13-12-17-4-6-19(24)7-5-17)32-23(29)18-3-2-14-27(15-18)33(30,31)21-10-8-20(25)9-11-21/h4-11,16,18H,2-3,12-15H2,1H3,(H,26,28). The molecule has 2 unspecified atom stereocenters. The van der Waals surface area contributed by atoms with Crippen molar-refractivity contribution in [2.75, 3.05) is 19.6 Å². The summed E-state index contributed by atoms with van der Waals surface area (Å²) in [5, 5.41) is 2.67. The lowest BCUT2D eigenvalue weighted by molar-refractivity contribution is -0.159. The molecule has 0 bridgehead atoms. The van der Waals surface area contributed by atoms with Gasteiger partial charge in [0.2, 0.25) is 10.0 Å². The fourth-order valence-electron chi connectivity index (χ4n) is 3.56. The molecule has 178 valence electrons. The van der Waals surface area contributed by atoms with Gasteiger partial charge in [0.15, 0.2) is 6.10 Å². The van der Waals surface area contributed by atoms with Crippen molar-refractivity contribution < 1.29 is 31.5 Å². The molecule has 1 heterocycles. The summed E-state index contributed by atoms with van der Waals surface area (Å²) in [5.41, 5.74) is 0.853. The molecule has 1 saturated heterocycles. The van der Waals surface area contributed by atoms with Gasteiger partial charge in [-0.3, -0.25) is 9.59 Å². The predicted molar refractivity (Wildman–Crippen MR) is 117 cm³/mol. The maximum Gasteiger partial charge on any atom is 0.311 e. The molecule has 3 rings (SSSR count). The number of amides is 1. The molecule has 1 aliphatic rings. The number of esters is 1. The van der Waals surface area contributed by atoms with E-state index in [4.69, 9.17) is 4.74 Å². The Morgan fingerprint density at radius 2 is 1.70 bits per heavy atom. The molecule has 7 nitrogen and oxygen atoms in total. The number of hydrogen-bond donors (Lipinski definition) is 1. The van der Waals surface area contributed by atoms with Gasteiger partial charge in [0, 0.05) is 19.6 Å². The topological polar surface area (TPSA) is 92.8 Å². The fraction of sp³-hybridized carbons (Fsp3) is 0.391.